The number of rotatable bonds is 9. The van der Waals surface area contributed by atoms with Gasteiger partial charge in [-0.25, -0.2) is 19.0 Å². The lowest BCUT2D eigenvalue weighted by molar-refractivity contribution is -0.134. The van der Waals surface area contributed by atoms with Crippen LogP contribution in [0.4, 0.5) is 4.39 Å². The molecule has 9 nitrogen and oxygen atoms in total. The smallest absolute Gasteiger partial charge is 0.328 e. The molecule has 0 amide bonds. The molecule has 0 fully saturated rings. The molecule has 0 radical (unpaired) electrons. The zero-order chi connectivity index (χ0) is 23.4. The van der Waals surface area contributed by atoms with Crippen molar-refractivity contribution in [2.75, 3.05) is 13.7 Å². The molecule has 0 aliphatic carbocycles. The average molecular weight is 470 g/mol. The Balaban J connectivity index is 0.000000512. The fourth-order valence-electron chi connectivity index (χ4n) is 2.10. The van der Waals surface area contributed by atoms with Crippen LogP contribution < -0.4 is 10.5 Å². The van der Waals surface area contributed by atoms with Crippen molar-refractivity contribution in [2.24, 2.45) is 5.73 Å². The summed E-state index contributed by atoms with van der Waals surface area (Å²) in [5.74, 6) is -2.44. The Bertz CT molecular complexity index is 944. The number of aliphatic carboxylic acids is 2. The molecule has 0 aliphatic rings. The third kappa shape index (κ3) is 9.14. The van der Waals surface area contributed by atoms with E-state index in [9.17, 15) is 24.3 Å². The van der Waals surface area contributed by atoms with Gasteiger partial charge in [-0.15, -0.1) is 23.1 Å². The second-order valence-electron chi connectivity index (χ2n) is 5.76. The fourth-order valence-corrected chi connectivity index (χ4v) is 4.44. The van der Waals surface area contributed by atoms with Gasteiger partial charge < -0.3 is 25.8 Å². The molecule has 0 aliphatic heterocycles. The highest BCUT2D eigenvalue weighted by molar-refractivity contribution is 7.99. The number of nitriles is 1. The van der Waals surface area contributed by atoms with Gasteiger partial charge in [-0.3, -0.25) is 0 Å². The maximum Gasteiger partial charge on any atom is 0.328 e. The number of hydrogen-bond donors (Lipinski definition) is 4. The van der Waals surface area contributed by atoms with E-state index in [1.807, 2.05) is 0 Å². The lowest BCUT2D eigenvalue weighted by atomic mass is 10.1. The number of halogens is 1. The first-order chi connectivity index (χ1) is 14.7. The van der Waals surface area contributed by atoms with Crippen LogP contribution in [0.5, 0.6) is 5.88 Å². The topological polar surface area (TPSA) is 167 Å². The van der Waals surface area contributed by atoms with Crippen LogP contribution in [0, 0.1) is 17.1 Å². The van der Waals surface area contributed by atoms with Crippen LogP contribution in [0.15, 0.2) is 40.8 Å². The zero-order valence-electron chi connectivity index (χ0n) is 16.3. The van der Waals surface area contributed by atoms with Gasteiger partial charge in [0, 0.05) is 40.6 Å². The van der Waals surface area contributed by atoms with Crippen LogP contribution in [0.1, 0.15) is 22.1 Å². The molecule has 31 heavy (non-hydrogen) atoms. The predicted molar refractivity (Wildman–Crippen MR) is 112 cm³/mol. The SMILES string of the molecule is COc1cc(S[C@H](C[C@H](N)CO)c2sccc2F)c(C#N)cn1.O=C(O)/C=C/C(=O)O. The predicted octanol–water partition coefficient (Wildman–Crippen LogP) is 2.42. The second kappa shape index (κ2) is 13.3. The number of aliphatic hydroxyl groups excluding tert-OH is 1. The molecule has 0 saturated heterocycles. The van der Waals surface area contributed by atoms with E-state index < -0.39 is 18.0 Å². The maximum absolute atomic E-state index is 14.0. The Morgan fingerprint density at radius 2 is 2.06 bits per heavy atom. The molecule has 0 aromatic carbocycles. The van der Waals surface area contributed by atoms with E-state index in [1.165, 1.54) is 42.5 Å². The molecule has 12 heteroatoms. The number of carboxylic acid groups (broad SMARTS) is 2. The number of aliphatic hydroxyl groups is 1. The summed E-state index contributed by atoms with van der Waals surface area (Å²) in [6.07, 6.45) is 2.92. The number of aromatic nitrogens is 1. The van der Waals surface area contributed by atoms with Gasteiger partial charge in [0.2, 0.25) is 5.88 Å². The first-order valence-corrected chi connectivity index (χ1v) is 10.3. The first kappa shape index (κ1) is 26.1. The Morgan fingerprint density at radius 3 is 2.52 bits per heavy atom. The van der Waals surface area contributed by atoms with Crippen LogP contribution in [0.3, 0.4) is 0 Å². The minimum atomic E-state index is -1.26. The number of carboxylic acids is 2. The normalized spacial score (nSPS) is 12.4. The third-order valence-electron chi connectivity index (χ3n) is 3.50. The van der Waals surface area contributed by atoms with E-state index in [0.29, 0.717) is 39.8 Å². The van der Waals surface area contributed by atoms with Gasteiger partial charge >= 0.3 is 11.9 Å². The van der Waals surface area contributed by atoms with Crippen molar-refractivity contribution in [3.8, 4) is 11.9 Å². The van der Waals surface area contributed by atoms with Gasteiger partial charge in [0.05, 0.1) is 24.2 Å². The Labute approximate surface area is 185 Å². The van der Waals surface area contributed by atoms with E-state index in [2.05, 4.69) is 11.1 Å². The summed E-state index contributed by atoms with van der Waals surface area (Å²) in [5, 5.41) is 35.4. The summed E-state index contributed by atoms with van der Waals surface area (Å²) < 4.78 is 19.1. The molecule has 2 aromatic rings. The molecule has 0 bridgehead atoms. The second-order valence-corrected chi connectivity index (χ2v) is 7.95. The van der Waals surface area contributed by atoms with Crippen LogP contribution in [-0.2, 0) is 9.59 Å². The van der Waals surface area contributed by atoms with Crippen molar-refractivity contribution in [1.29, 1.82) is 5.26 Å². The highest BCUT2D eigenvalue weighted by Crippen LogP contribution is 2.43. The standard InChI is InChI=1S/C15H16FN3O2S2.C4H4O4/c1-21-14-5-12(9(6-17)7-19-14)23-13(4-10(18)8-20)15-11(16)2-3-22-15;5-3(6)1-2-4(7)8/h2-3,5,7,10,13,20H,4,8,18H2,1H3;1-2H,(H,5,6)(H,7,8)/b;2-1+/t10-,13+;/m0./s1. The van der Waals surface area contributed by atoms with Crippen molar-refractivity contribution in [3.63, 3.8) is 0 Å². The largest absolute Gasteiger partial charge is 0.481 e. The Kier molecular flexibility index (Phi) is 11.2. The number of methoxy groups -OCH3 is 1. The summed E-state index contributed by atoms with van der Waals surface area (Å²) in [7, 11) is 1.49. The first-order valence-electron chi connectivity index (χ1n) is 8.55. The molecule has 166 valence electrons. The fraction of sp³-hybridized carbons (Fsp3) is 0.263. The van der Waals surface area contributed by atoms with Gasteiger partial charge in [0.1, 0.15) is 11.9 Å². The molecule has 2 aromatic heterocycles. The number of nitrogens with two attached hydrogens (primary N) is 1. The van der Waals surface area contributed by atoms with Gasteiger partial charge in [-0.05, 0) is 17.9 Å². The van der Waals surface area contributed by atoms with Gasteiger partial charge in [0.25, 0.3) is 0 Å². The molecule has 5 N–H and O–H groups in total. The average Bonchev–Trinajstić information content (AvgIpc) is 3.17. The number of thiophene rings is 1. The summed E-state index contributed by atoms with van der Waals surface area (Å²) in [4.78, 5) is 24.3. The summed E-state index contributed by atoms with van der Waals surface area (Å²) in [6, 6.07) is 4.64. The van der Waals surface area contributed by atoms with Crippen molar-refractivity contribution in [2.45, 2.75) is 22.6 Å². The number of pyridine rings is 1. The van der Waals surface area contributed by atoms with E-state index in [-0.39, 0.29) is 17.7 Å². The number of thioether (sulfide) groups is 1. The van der Waals surface area contributed by atoms with Gasteiger partial charge in [-0.1, -0.05) is 0 Å². The zero-order valence-corrected chi connectivity index (χ0v) is 17.9. The highest BCUT2D eigenvalue weighted by atomic mass is 32.2. The van der Waals surface area contributed by atoms with E-state index in [1.54, 1.807) is 11.4 Å². The van der Waals surface area contributed by atoms with Gasteiger partial charge in [0.15, 0.2) is 0 Å². The van der Waals surface area contributed by atoms with Crippen molar-refractivity contribution < 1.29 is 34.0 Å². The van der Waals surface area contributed by atoms with Crippen LogP contribution >= 0.6 is 23.1 Å². The molecule has 0 unspecified atom stereocenters. The molecular weight excluding hydrogens is 449 g/mol. The molecule has 0 spiro atoms. The van der Waals surface area contributed by atoms with Crippen LogP contribution in [-0.4, -0.2) is 52.0 Å². The molecule has 2 atom stereocenters. The lowest BCUT2D eigenvalue weighted by Crippen LogP contribution is -2.26. The van der Waals surface area contributed by atoms with Crippen molar-refractivity contribution in [1.82, 2.24) is 4.98 Å². The molecule has 0 saturated carbocycles. The monoisotopic (exact) mass is 469 g/mol. The number of ether oxygens (including phenoxy) is 1. The minimum Gasteiger partial charge on any atom is -0.481 e. The minimum absolute atomic E-state index is 0.186. The third-order valence-corrected chi connectivity index (χ3v) is 5.96. The van der Waals surface area contributed by atoms with Crippen LogP contribution in [0.2, 0.25) is 0 Å². The molecular formula is C19H20FN3O6S2. The van der Waals surface area contributed by atoms with E-state index in [4.69, 9.17) is 20.7 Å². The van der Waals surface area contributed by atoms with Crippen molar-refractivity contribution in [3.05, 3.63) is 52.1 Å². The number of carbonyl (C=O) groups is 2. The number of nitrogens with zero attached hydrogens (tertiary/aromatic N) is 2. The summed E-state index contributed by atoms with van der Waals surface area (Å²) in [5.41, 5.74) is 6.21. The quantitative estimate of drug-likeness (QED) is 0.316. The Morgan fingerprint density at radius 1 is 1.42 bits per heavy atom. The van der Waals surface area contributed by atoms with Crippen LogP contribution in [0.25, 0.3) is 0 Å². The van der Waals surface area contributed by atoms with E-state index >= 15 is 0 Å². The molecule has 2 heterocycles. The Hall–Kier alpha value is -2.98. The van der Waals surface area contributed by atoms with Gasteiger partial charge in [-0.2, -0.15) is 5.26 Å². The maximum atomic E-state index is 14.0. The highest BCUT2D eigenvalue weighted by Gasteiger charge is 2.23. The summed E-state index contributed by atoms with van der Waals surface area (Å²) >= 11 is 2.61. The number of hydrogen-bond acceptors (Lipinski definition) is 9. The van der Waals surface area contributed by atoms with E-state index in [0.717, 1.165) is 0 Å². The molecule has 2 rings (SSSR count). The summed E-state index contributed by atoms with van der Waals surface area (Å²) in [6.45, 7) is -0.186. The lowest BCUT2D eigenvalue weighted by Gasteiger charge is -2.19. The van der Waals surface area contributed by atoms with Crippen molar-refractivity contribution >= 4 is 35.0 Å².